The summed E-state index contributed by atoms with van der Waals surface area (Å²) in [7, 11) is -3.89. The molecule has 0 spiro atoms. The van der Waals surface area contributed by atoms with Crippen LogP contribution in [0.2, 0.25) is 0 Å². The van der Waals surface area contributed by atoms with Crippen molar-refractivity contribution in [3.63, 3.8) is 0 Å². The van der Waals surface area contributed by atoms with E-state index in [0.29, 0.717) is 25.9 Å². The third-order valence-electron chi connectivity index (χ3n) is 3.88. The van der Waals surface area contributed by atoms with E-state index in [1.807, 2.05) is 0 Å². The largest absolute Gasteiger partial charge is 0.399 e. The Bertz CT molecular complexity index is 617. The molecule has 118 valence electrons. The summed E-state index contributed by atoms with van der Waals surface area (Å²) in [5, 5.41) is 9.00. The van der Waals surface area contributed by atoms with Crippen molar-refractivity contribution in [1.29, 1.82) is 0 Å². The van der Waals surface area contributed by atoms with Gasteiger partial charge in [0.25, 0.3) is 0 Å². The summed E-state index contributed by atoms with van der Waals surface area (Å²) < 4.78 is 40.7. The molecule has 0 amide bonds. The van der Waals surface area contributed by atoms with Gasteiger partial charge in [-0.15, -0.1) is 0 Å². The van der Waals surface area contributed by atoms with Gasteiger partial charge >= 0.3 is 0 Å². The lowest BCUT2D eigenvalue weighted by atomic mass is 9.97. The summed E-state index contributed by atoms with van der Waals surface area (Å²) >= 11 is 0. The average Bonchev–Trinajstić information content (AvgIpc) is 2.43. The zero-order chi connectivity index (χ0) is 15.6. The standard InChI is InChI=1S/C14H21FN2O3S/c1-10-7-12(16)8-13(14(10)15)21(19,20)17-5-2-3-11(9-17)4-6-18/h7-8,11,18H,2-6,9,16H2,1H3. The van der Waals surface area contributed by atoms with Gasteiger partial charge in [-0.1, -0.05) is 0 Å². The zero-order valence-corrected chi connectivity index (χ0v) is 12.9. The molecule has 1 atom stereocenters. The molecule has 1 heterocycles. The Kier molecular flexibility index (Phi) is 4.85. The molecule has 1 aromatic carbocycles. The molecule has 5 nitrogen and oxygen atoms in total. The molecule has 1 aliphatic rings. The number of aliphatic hydroxyl groups excluding tert-OH is 1. The van der Waals surface area contributed by atoms with Crippen LogP contribution in [0.4, 0.5) is 10.1 Å². The van der Waals surface area contributed by atoms with Crippen LogP contribution in [0.3, 0.4) is 0 Å². The highest BCUT2D eigenvalue weighted by Gasteiger charge is 2.32. The van der Waals surface area contributed by atoms with Crippen molar-refractivity contribution < 1.29 is 17.9 Å². The van der Waals surface area contributed by atoms with Gasteiger partial charge in [-0.05, 0) is 49.8 Å². The number of aliphatic hydroxyl groups is 1. The van der Waals surface area contributed by atoms with Crippen molar-refractivity contribution in [2.45, 2.75) is 31.1 Å². The predicted octanol–water partition coefficient (Wildman–Crippen LogP) is 1.50. The third-order valence-corrected chi connectivity index (χ3v) is 5.74. The molecule has 1 aliphatic heterocycles. The van der Waals surface area contributed by atoms with E-state index in [-0.39, 0.29) is 28.7 Å². The molecular weight excluding hydrogens is 295 g/mol. The minimum absolute atomic E-state index is 0.0321. The summed E-state index contributed by atoms with van der Waals surface area (Å²) in [6, 6.07) is 2.59. The Morgan fingerprint density at radius 2 is 2.19 bits per heavy atom. The Morgan fingerprint density at radius 3 is 2.86 bits per heavy atom. The first-order valence-electron chi connectivity index (χ1n) is 7.03. The number of anilines is 1. The first kappa shape index (κ1) is 16.2. The number of sulfonamides is 1. The number of piperidine rings is 1. The minimum Gasteiger partial charge on any atom is -0.399 e. The molecule has 0 bridgehead atoms. The molecule has 0 saturated carbocycles. The van der Waals surface area contributed by atoms with Crippen LogP contribution in [-0.2, 0) is 10.0 Å². The second-order valence-corrected chi connectivity index (χ2v) is 7.44. The topological polar surface area (TPSA) is 83.6 Å². The average molecular weight is 316 g/mol. The monoisotopic (exact) mass is 316 g/mol. The van der Waals surface area contributed by atoms with E-state index >= 15 is 0 Å². The summed E-state index contributed by atoms with van der Waals surface area (Å²) in [5.41, 5.74) is 6.10. The Morgan fingerprint density at radius 1 is 1.48 bits per heavy atom. The summed E-state index contributed by atoms with van der Waals surface area (Å²) in [6.07, 6.45) is 2.16. The van der Waals surface area contributed by atoms with Crippen LogP contribution in [-0.4, -0.2) is 37.5 Å². The molecule has 1 fully saturated rings. The highest BCUT2D eigenvalue weighted by atomic mass is 32.2. The van der Waals surface area contributed by atoms with Gasteiger partial charge in [-0.25, -0.2) is 12.8 Å². The van der Waals surface area contributed by atoms with Gasteiger partial charge in [0.05, 0.1) is 0 Å². The molecule has 1 unspecified atom stereocenters. The fraction of sp³-hybridized carbons (Fsp3) is 0.571. The minimum atomic E-state index is -3.89. The highest BCUT2D eigenvalue weighted by molar-refractivity contribution is 7.89. The number of nitrogens with two attached hydrogens (primary N) is 1. The molecular formula is C14H21FN2O3S. The van der Waals surface area contributed by atoms with Crippen LogP contribution >= 0.6 is 0 Å². The van der Waals surface area contributed by atoms with E-state index in [0.717, 1.165) is 6.42 Å². The lowest BCUT2D eigenvalue weighted by Crippen LogP contribution is -2.40. The molecule has 1 aromatic rings. The number of nitrogens with zero attached hydrogens (tertiary/aromatic N) is 1. The van der Waals surface area contributed by atoms with Crippen molar-refractivity contribution in [1.82, 2.24) is 4.31 Å². The Balaban J connectivity index is 2.34. The van der Waals surface area contributed by atoms with Gasteiger partial charge in [0.15, 0.2) is 0 Å². The normalized spacial score (nSPS) is 20.6. The molecule has 2 rings (SSSR count). The van der Waals surface area contributed by atoms with Gasteiger partial charge < -0.3 is 10.8 Å². The van der Waals surface area contributed by atoms with E-state index in [4.69, 9.17) is 10.8 Å². The van der Waals surface area contributed by atoms with Crippen molar-refractivity contribution in [3.8, 4) is 0 Å². The first-order valence-corrected chi connectivity index (χ1v) is 8.47. The SMILES string of the molecule is Cc1cc(N)cc(S(=O)(=O)N2CCCC(CCO)C2)c1F. The lowest BCUT2D eigenvalue weighted by Gasteiger charge is -2.31. The van der Waals surface area contributed by atoms with Crippen molar-refractivity contribution in [3.05, 3.63) is 23.5 Å². The molecule has 0 aliphatic carbocycles. The maximum atomic E-state index is 14.2. The van der Waals surface area contributed by atoms with Crippen LogP contribution in [0.25, 0.3) is 0 Å². The summed E-state index contributed by atoms with van der Waals surface area (Å²) in [6.45, 7) is 2.22. The van der Waals surface area contributed by atoms with Crippen LogP contribution in [0.5, 0.6) is 0 Å². The van der Waals surface area contributed by atoms with Gasteiger partial charge in [0, 0.05) is 25.4 Å². The fourth-order valence-corrected chi connectivity index (χ4v) is 4.48. The number of hydrogen-bond donors (Lipinski definition) is 2. The number of halogens is 1. The predicted molar refractivity (Wildman–Crippen MR) is 78.7 cm³/mol. The maximum Gasteiger partial charge on any atom is 0.246 e. The zero-order valence-electron chi connectivity index (χ0n) is 12.0. The van der Waals surface area contributed by atoms with E-state index in [1.165, 1.54) is 23.4 Å². The van der Waals surface area contributed by atoms with E-state index < -0.39 is 15.8 Å². The van der Waals surface area contributed by atoms with Crippen LogP contribution in [0, 0.1) is 18.7 Å². The lowest BCUT2D eigenvalue weighted by molar-refractivity contribution is 0.202. The number of rotatable bonds is 4. The molecule has 0 radical (unpaired) electrons. The van der Waals surface area contributed by atoms with Gasteiger partial charge in [0.2, 0.25) is 10.0 Å². The smallest absolute Gasteiger partial charge is 0.246 e. The van der Waals surface area contributed by atoms with Gasteiger partial charge in [-0.2, -0.15) is 4.31 Å². The quantitative estimate of drug-likeness (QED) is 0.825. The molecule has 1 saturated heterocycles. The number of aryl methyl sites for hydroxylation is 1. The van der Waals surface area contributed by atoms with Crippen molar-refractivity contribution >= 4 is 15.7 Å². The van der Waals surface area contributed by atoms with Gasteiger partial charge in [0.1, 0.15) is 10.7 Å². The molecule has 7 heteroatoms. The van der Waals surface area contributed by atoms with Crippen LogP contribution < -0.4 is 5.73 Å². The number of nitrogen functional groups attached to an aromatic ring is 1. The second kappa shape index (κ2) is 6.29. The summed E-state index contributed by atoms with van der Waals surface area (Å²) in [5.74, 6) is -0.628. The first-order chi connectivity index (χ1) is 9.86. The molecule has 21 heavy (non-hydrogen) atoms. The Hall–Kier alpha value is -1.18. The second-order valence-electron chi connectivity index (χ2n) is 5.53. The van der Waals surface area contributed by atoms with Gasteiger partial charge in [-0.3, -0.25) is 0 Å². The highest BCUT2D eigenvalue weighted by Crippen LogP contribution is 2.29. The van der Waals surface area contributed by atoms with Crippen LogP contribution in [0.15, 0.2) is 17.0 Å². The Labute approximate surface area is 124 Å². The van der Waals surface area contributed by atoms with Crippen molar-refractivity contribution in [2.24, 2.45) is 5.92 Å². The third kappa shape index (κ3) is 3.36. The summed E-state index contributed by atoms with van der Waals surface area (Å²) in [4.78, 5) is -0.357. The molecule has 3 N–H and O–H groups in total. The van der Waals surface area contributed by atoms with E-state index in [2.05, 4.69) is 0 Å². The van der Waals surface area contributed by atoms with Crippen LogP contribution in [0.1, 0.15) is 24.8 Å². The van der Waals surface area contributed by atoms with E-state index in [1.54, 1.807) is 0 Å². The fourth-order valence-electron chi connectivity index (χ4n) is 2.75. The maximum absolute atomic E-state index is 14.2. The number of benzene rings is 1. The molecule has 0 aromatic heterocycles. The van der Waals surface area contributed by atoms with E-state index in [9.17, 15) is 12.8 Å². The number of hydrogen-bond acceptors (Lipinski definition) is 4. The van der Waals surface area contributed by atoms with Crippen molar-refractivity contribution in [2.75, 3.05) is 25.4 Å².